The van der Waals surface area contributed by atoms with Crippen molar-refractivity contribution < 1.29 is 28.9 Å². The van der Waals surface area contributed by atoms with Crippen LogP contribution < -0.4 is 5.32 Å². The molecule has 2 unspecified atom stereocenters. The molecule has 0 aromatic heterocycles. The second kappa shape index (κ2) is 11.1. The molecule has 2 aliphatic heterocycles. The van der Waals surface area contributed by atoms with Crippen molar-refractivity contribution in [1.82, 2.24) is 10.2 Å². The smallest absolute Gasteiger partial charge is 0.223 e. The van der Waals surface area contributed by atoms with Crippen molar-refractivity contribution in [3.05, 3.63) is 0 Å². The van der Waals surface area contributed by atoms with Gasteiger partial charge in [-0.1, -0.05) is 34.6 Å². The van der Waals surface area contributed by atoms with Gasteiger partial charge in [0.15, 0.2) is 6.29 Å². The molecule has 8 heteroatoms. The molecule has 2 N–H and O–H groups in total. The molecule has 2 amide bonds. The van der Waals surface area contributed by atoms with Crippen LogP contribution in [0.25, 0.3) is 0 Å². The molecule has 0 aromatic carbocycles. The molecule has 6 aliphatic carbocycles. The molecule has 8 aliphatic rings. The summed E-state index contributed by atoms with van der Waals surface area (Å²) in [6.45, 7) is 14.1. The third-order valence-electron chi connectivity index (χ3n) is 16.6. The second-order valence-electron chi connectivity index (χ2n) is 18.8. The molecule has 6 saturated carbocycles. The van der Waals surface area contributed by atoms with E-state index in [1.165, 1.54) is 51.4 Å². The van der Waals surface area contributed by atoms with Crippen molar-refractivity contribution in [3.63, 3.8) is 0 Å². The maximum absolute atomic E-state index is 12.9. The molecular weight excluding hydrogens is 592 g/mol. The third kappa shape index (κ3) is 4.65. The number of carbonyl (C=O) groups is 2. The standard InChI is InChI=1S/C39H62N2O6/c1-23-19-25(9-12-29(42)40-6)46-33-32(23)36(4)15-16-39-22-38(39)14-13-28(35(2,3)26(38)10-11-27(39)37(36,5)34(33)44)47-31-21-41(17-18-45-31)30(43)20-24-7-8-24/h23-28,31-34,44H,7-22H2,1-6H3,(H,40,42)/t23-,25+,26+,27+,28+,31?,32?,33+,34+,36-,37-,38-,39+/m1/s1. The fraction of sp³-hybridized carbons (Fsp3) is 0.949. The highest BCUT2D eigenvalue weighted by molar-refractivity contribution is 5.77. The summed E-state index contributed by atoms with van der Waals surface area (Å²) < 4.78 is 19.8. The van der Waals surface area contributed by atoms with Crippen molar-refractivity contribution in [2.75, 3.05) is 26.7 Å². The van der Waals surface area contributed by atoms with E-state index in [0.29, 0.717) is 73.0 Å². The summed E-state index contributed by atoms with van der Waals surface area (Å²) in [6.07, 6.45) is 12.8. The molecule has 0 bridgehead atoms. The summed E-state index contributed by atoms with van der Waals surface area (Å²) in [4.78, 5) is 26.9. The Bertz CT molecular complexity index is 1270. The number of amides is 2. The monoisotopic (exact) mass is 654 g/mol. The zero-order valence-corrected chi connectivity index (χ0v) is 30.0. The number of morpholine rings is 1. The van der Waals surface area contributed by atoms with Crippen molar-refractivity contribution in [2.45, 2.75) is 149 Å². The number of hydrogen-bond donors (Lipinski definition) is 2. The van der Waals surface area contributed by atoms with Gasteiger partial charge in [0.25, 0.3) is 0 Å². The lowest BCUT2D eigenvalue weighted by molar-refractivity contribution is -0.248. The van der Waals surface area contributed by atoms with Crippen LogP contribution in [0.5, 0.6) is 0 Å². The van der Waals surface area contributed by atoms with E-state index in [4.69, 9.17) is 14.2 Å². The van der Waals surface area contributed by atoms with E-state index in [9.17, 15) is 14.7 Å². The van der Waals surface area contributed by atoms with E-state index in [-0.39, 0.29) is 52.7 Å². The molecule has 0 aromatic rings. The molecule has 2 spiro atoms. The lowest BCUT2D eigenvalue weighted by Crippen LogP contribution is -2.60. The minimum atomic E-state index is -0.471. The number of fused-ring (bicyclic) bond motifs is 4. The predicted octanol–water partition coefficient (Wildman–Crippen LogP) is 5.70. The number of nitrogens with one attached hydrogen (secondary N) is 1. The molecule has 264 valence electrons. The molecule has 13 atom stereocenters. The highest BCUT2D eigenvalue weighted by Crippen LogP contribution is 2.89. The van der Waals surface area contributed by atoms with E-state index in [0.717, 1.165) is 19.3 Å². The van der Waals surface area contributed by atoms with Gasteiger partial charge in [0, 0.05) is 31.8 Å². The maximum Gasteiger partial charge on any atom is 0.223 e. The Labute approximate surface area is 282 Å². The van der Waals surface area contributed by atoms with Gasteiger partial charge in [-0.3, -0.25) is 9.59 Å². The lowest BCUT2D eigenvalue weighted by atomic mass is 9.41. The first kappa shape index (κ1) is 33.0. The quantitative estimate of drug-likeness (QED) is 0.366. The third-order valence-corrected chi connectivity index (χ3v) is 16.6. The van der Waals surface area contributed by atoms with Crippen LogP contribution in [0.15, 0.2) is 0 Å². The molecule has 8 rings (SSSR count). The first-order valence-corrected chi connectivity index (χ1v) is 19.4. The fourth-order valence-corrected chi connectivity index (χ4v) is 14.0. The molecule has 8 fully saturated rings. The van der Waals surface area contributed by atoms with Crippen molar-refractivity contribution in [3.8, 4) is 0 Å². The average Bonchev–Trinajstić information content (AvgIpc) is 3.96. The number of aliphatic hydroxyl groups is 1. The van der Waals surface area contributed by atoms with Crippen LogP contribution in [0.4, 0.5) is 0 Å². The van der Waals surface area contributed by atoms with Crippen molar-refractivity contribution in [1.29, 1.82) is 0 Å². The van der Waals surface area contributed by atoms with Crippen LogP contribution in [-0.2, 0) is 23.8 Å². The Morgan fingerprint density at radius 3 is 2.49 bits per heavy atom. The Balaban J connectivity index is 0.987. The fourth-order valence-electron chi connectivity index (χ4n) is 14.0. The van der Waals surface area contributed by atoms with Crippen LogP contribution in [0.2, 0.25) is 0 Å². The number of ether oxygens (including phenoxy) is 3. The van der Waals surface area contributed by atoms with Crippen LogP contribution in [0.3, 0.4) is 0 Å². The van der Waals surface area contributed by atoms with Gasteiger partial charge in [0.2, 0.25) is 11.8 Å². The molecular formula is C39H62N2O6. The van der Waals surface area contributed by atoms with E-state index in [2.05, 4.69) is 39.9 Å². The molecule has 2 heterocycles. The number of carbonyl (C=O) groups excluding carboxylic acids is 2. The van der Waals surface area contributed by atoms with E-state index >= 15 is 0 Å². The van der Waals surface area contributed by atoms with Gasteiger partial charge in [-0.15, -0.1) is 0 Å². The summed E-state index contributed by atoms with van der Waals surface area (Å²) in [5, 5.41) is 15.2. The summed E-state index contributed by atoms with van der Waals surface area (Å²) in [5.74, 6) is 2.87. The first-order chi connectivity index (χ1) is 22.3. The number of nitrogens with zero attached hydrogens (tertiary/aromatic N) is 1. The largest absolute Gasteiger partial charge is 0.390 e. The Morgan fingerprint density at radius 1 is 1.00 bits per heavy atom. The summed E-state index contributed by atoms with van der Waals surface area (Å²) in [5.41, 5.74) is 0.528. The average molecular weight is 655 g/mol. The zero-order valence-electron chi connectivity index (χ0n) is 30.0. The van der Waals surface area contributed by atoms with E-state index in [1.54, 1.807) is 7.05 Å². The van der Waals surface area contributed by atoms with Gasteiger partial charge in [-0.2, -0.15) is 0 Å². The van der Waals surface area contributed by atoms with Crippen LogP contribution in [-0.4, -0.2) is 79.3 Å². The summed E-state index contributed by atoms with van der Waals surface area (Å²) >= 11 is 0. The van der Waals surface area contributed by atoms with Gasteiger partial charge < -0.3 is 29.5 Å². The van der Waals surface area contributed by atoms with Crippen LogP contribution in [0, 0.1) is 56.7 Å². The Kier molecular flexibility index (Phi) is 7.81. The summed E-state index contributed by atoms with van der Waals surface area (Å²) in [6, 6.07) is 0. The number of hydrogen-bond acceptors (Lipinski definition) is 6. The Morgan fingerprint density at radius 2 is 1.74 bits per heavy atom. The summed E-state index contributed by atoms with van der Waals surface area (Å²) in [7, 11) is 1.70. The second-order valence-corrected chi connectivity index (χ2v) is 18.8. The first-order valence-electron chi connectivity index (χ1n) is 19.4. The van der Waals surface area contributed by atoms with Gasteiger partial charge >= 0.3 is 0 Å². The minimum absolute atomic E-state index is 0.0238. The van der Waals surface area contributed by atoms with E-state index < -0.39 is 6.10 Å². The van der Waals surface area contributed by atoms with Crippen molar-refractivity contribution >= 4 is 11.8 Å². The topological polar surface area (TPSA) is 97.3 Å². The normalized spacial score (nSPS) is 51.1. The van der Waals surface area contributed by atoms with Crippen LogP contribution >= 0.6 is 0 Å². The highest BCUT2D eigenvalue weighted by atomic mass is 16.7. The molecule has 0 radical (unpaired) electrons. The number of aliphatic hydroxyl groups excluding tert-OH is 1. The van der Waals surface area contributed by atoms with Gasteiger partial charge in [-0.05, 0) is 122 Å². The maximum atomic E-state index is 12.9. The molecule has 2 saturated heterocycles. The van der Waals surface area contributed by atoms with Crippen molar-refractivity contribution in [2.24, 2.45) is 56.7 Å². The van der Waals surface area contributed by atoms with E-state index in [1.807, 2.05) is 4.90 Å². The SMILES string of the molecule is CNC(=O)CC[C@H]1C[C@@H](C)C2[C@H](O1)[C@H](O)[C@@]1(C)[C@@H]3CC[C@H]4C(C)(C)[C@@H](OC5CN(C(=O)CC6CC6)CCO5)CC[C@@]45C[C@@]35CC[C@]21C. The van der Waals surface area contributed by atoms with Crippen LogP contribution in [0.1, 0.15) is 118 Å². The molecule has 47 heavy (non-hydrogen) atoms. The van der Waals surface area contributed by atoms with Gasteiger partial charge in [0.1, 0.15) is 0 Å². The highest BCUT2D eigenvalue weighted by Gasteiger charge is 2.84. The van der Waals surface area contributed by atoms with Gasteiger partial charge in [-0.25, -0.2) is 0 Å². The molecule has 8 nitrogen and oxygen atoms in total. The predicted molar refractivity (Wildman–Crippen MR) is 178 cm³/mol. The number of rotatable bonds is 7. The minimum Gasteiger partial charge on any atom is -0.390 e. The zero-order chi connectivity index (χ0) is 33.1. The lowest BCUT2D eigenvalue weighted by Gasteiger charge is -2.64. The Hall–Kier alpha value is -1.22. The van der Waals surface area contributed by atoms with Gasteiger partial charge in [0.05, 0.1) is 37.6 Å².